The largest absolute Gasteiger partial charge is 0.481 e. The normalized spacial score (nSPS) is 25.2. The lowest BCUT2D eigenvalue weighted by Gasteiger charge is -2.40. The maximum absolute atomic E-state index is 12.1. The van der Waals surface area contributed by atoms with E-state index in [1.807, 2.05) is 0 Å². The number of hydrogen-bond donors (Lipinski definition) is 6. The molecule has 1 aliphatic heterocycles. The second-order valence-electron chi connectivity index (χ2n) is 9.16. The molecule has 1 fully saturated rings. The zero-order valence-electron chi connectivity index (χ0n) is 19.9. The fourth-order valence-corrected chi connectivity index (χ4v) is 4.13. The van der Waals surface area contributed by atoms with E-state index >= 15 is 0 Å². The second-order valence-corrected chi connectivity index (χ2v) is 9.16. The van der Waals surface area contributed by atoms with Crippen molar-refractivity contribution in [3.8, 4) is 0 Å². The van der Waals surface area contributed by atoms with Gasteiger partial charge in [-0.05, 0) is 12.8 Å². The molecule has 9 nitrogen and oxygen atoms in total. The van der Waals surface area contributed by atoms with Gasteiger partial charge in [0.25, 0.3) is 0 Å². The predicted octanol–water partition coefficient (Wildman–Crippen LogP) is 2.23. The number of aliphatic carboxylic acids is 1. The van der Waals surface area contributed by atoms with Crippen molar-refractivity contribution in [2.75, 3.05) is 6.61 Å². The van der Waals surface area contributed by atoms with Crippen molar-refractivity contribution in [3.63, 3.8) is 0 Å². The number of carboxylic acids is 1. The van der Waals surface area contributed by atoms with Crippen molar-refractivity contribution in [1.82, 2.24) is 5.32 Å². The Bertz CT molecular complexity index is 531. The number of carbonyl (C=O) groups excluding carboxylic acids is 1. The van der Waals surface area contributed by atoms with Gasteiger partial charge in [-0.2, -0.15) is 0 Å². The maximum atomic E-state index is 12.1. The van der Waals surface area contributed by atoms with Gasteiger partial charge in [0, 0.05) is 12.8 Å². The van der Waals surface area contributed by atoms with Crippen molar-refractivity contribution in [2.24, 2.45) is 0 Å². The average Bonchev–Trinajstić information content (AvgIpc) is 2.78. The van der Waals surface area contributed by atoms with Crippen LogP contribution in [0.5, 0.6) is 0 Å². The molecular formula is C24H45NO8. The summed E-state index contributed by atoms with van der Waals surface area (Å²) in [5.74, 6) is -0.992. The Morgan fingerprint density at radius 1 is 0.636 bits per heavy atom. The lowest BCUT2D eigenvalue weighted by molar-refractivity contribution is -0.236. The minimum Gasteiger partial charge on any atom is -0.481 e. The van der Waals surface area contributed by atoms with Crippen LogP contribution in [0.25, 0.3) is 0 Å². The molecule has 0 aromatic rings. The summed E-state index contributed by atoms with van der Waals surface area (Å²) >= 11 is 0. The average molecular weight is 476 g/mol. The van der Waals surface area contributed by atoms with E-state index in [1.54, 1.807) is 0 Å². The van der Waals surface area contributed by atoms with Crippen molar-refractivity contribution >= 4 is 11.9 Å². The van der Waals surface area contributed by atoms with Crippen LogP contribution in [-0.4, -0.2) is 74.7 Å². The first-order valence-electron chi connectivity index (χ1n) is 12.7. The molecule has 5 atom stereocenters. The molecule has 9 heteroatoms. The van der Waals surface area contributed by atoms with E-state index in [2.05, 4.69) is 5.32 Å². The van der Waals surface area contributed by atoms with Gasteiger partial charge in [-0.1, -0.05) is 77.0 Å². The van der Waals surface area contributed by atoms with Gasteiger partial charge >= 0.3 is 5.97 Å². The van der Waals surface area contributed by atoms with Gasteiger partial charge < -0.3 is 35.6 Å². The molecule has 0 radical (unpaired) electrons. The van der Waals surface area contributed by atoms with E-state index in [4.69, 9.17) is 9.84 Å². The molecule has 1 aliphatic rings. The molecule has 1 rings (SSSR count). The summed E-state index contributed by atoms with van der Waals surface area (Å²) in [6, 6.07) is 0. The lowest BCUT2D eigenvalue weighted by atomic mass is 9.98. The van der Waals surface area contributed by atoms with Crippen molar-refractivity contribution < 1.29 is 39.9 Å². The fourth-order valence-electron chi connectivity index (χ4n) is 4.13. The van der Waals surface area contributed by atoms with E-state index in [9.17, 15) is 30.0 Å². The number of amides is 1. The van der Waals surface area contributed by atoms with Crippen molar-refractivity contribution in [1.29, 1.82) is 0 Å². The van der Waals surface area contributed by atoms with E-state index < -0.39 is 43.2 Å². The van der Waals surface area contributed by atoms with Crippen LogP contribution in [0.1, 0.15) is 103 Å². The molecular weight excluding hydrogens is 430 g/mol. The summed E-state index contributed by atoms with van der Waals surface area (Å²) in [6.45, 7) is -0.520. The molecule has 1 heterocycles. The smallest absolute Gasteiger partial charge is 0.303 e. The third-order valence-corrected chi connectivity index (χ3v) is 6.24. The van der Waals surface area contributed by atoms with E-state index in [0.717, 1.165) is 44.9 Å². The van der Waals surface area contributed by atoms with Crippen LogP contribution in [0, 0.1) is 0 Å². The van der Waals surface area contributed by atoms with Crippen LogP contribution in [0.15, 0.2) is 0 Å². The SMILES string of the molecule is O=C(O)CCCCCCCCCCCCCCCCC(=O)N[C@@H]1O[C@H](CO)[C@@H](O)[C@H](O)[C@H]1O. The van der Waals surface area contributed by atoms with Gasteiger partial charge in [0.15, 0.2) is 6.23 Å². The molecule has 0 spiro atoms. The summed E-state index contributed by atoms with van der Waals surface area (Å²) < 4.78 is 5.28. The Hall–Kier alpha value is -1.26. The van der Waals surface area contributed by atoms with Crippen LogP contribution in [0.4, 0.5) is 0 Å². The second kappa shape index (κ2) is 18.1. The molecule has 0 bridgehead atoms. The van der Waals surface area contributed by atoms with E-state index in [1.165, 1.54) is 44.9 Å². The highest BCUT2D eigenvalue weighted by molar-refractivity contribution is 5.76. The quantitative estimate of drug-likeness (QED) is 0.155. The summed E-state index contributed by atoms with van der Waals surface area (Å²) in [7, 11) is 0. The number of hydrogen-bond acceptors (Lipinski definition) is 7. The fraction of sp³-hybridized carbons (Fsp3) is 0.917. The Kier molecular flexibility index (Phi) is 16.3. The highest BCUT2D eigenvalue weighted by Gasteiger charge is 2.43. The summed E-state index contributed by atoms with van der Waals surface area (Å²) in [6.07, 6.45) is 9.51. The van der Waals surface area contributed by atoms with Gasteiger partial charge in [-0.25, -0.2) is 0 Å². The van der Waals surface area contributed by atoms with Gasteiger partial charge in [0.1, 0.15) is 24.4 Å². The number of carbonyl (C=O) groups is 2. The minimum atomic E-state index is -1.49. The zero-order valence-corrected chi connectivity index (χ0v) is 19.9. The standard InChI is InChI=1S/C24H45NO8/c26-17-18-21(30)22(31)23(32)24(33-18)25-19(27)15-13-11-9-7-5-3-1-2-4-6-8-10-12-14-16-20(28)29/h18,21-24,26,30-32H,1-17H2,(H,25,27)(H,28,29)/t18-,21-,22+,23-,24-/m1/s1. The van der Waals surface area contributed by atoms with Crippen molar-refractivity contribution in [3.05, 3.63) is 0 Å². The third kappa shape index (κ3) is 13.3. The topological polar surface area (TPSA) is 157 Å². The first kappa shape index (κ1) is 29.8. The van der Waals surface area contributed by atoms with Gasteiger partial charge in [0.2, 0.25) is 5.91 Å². The highest BCUT2D eigenvalue weighted by Crippen LogP contribution is 2.20. The maximum Gasteiger partial charge on any atom is 0.303 e. The van der Waals surface area contributed by atoms with Gasteiger partial charge in [0.05, 0.1) is 6.61 Å². The first-order chi connectivity index (χ1) is 15.9. The highest BCUT2D eigenvalue weighted by atomic mass is 16.6. The molecule has 0 saturated carbocycles. The number of rotatable bonds is 19. The molecule has 1 saturated heterocycles. The van der Waals surface area contributed by atoms with Gasteiger partial charge in [-0.3, -0.25) is 9.59 Å². The van der Waals surface area contributed by atoms with Crippen LogP contribution in [0.2, 0.25) is 0 Å². The molecule has 0 aromatic heterocycles. The Balaban J connectivity index is 1.91. The van der Waals surface area contributed by atoms with E-state index in [0.29, 0.717) is 6.42 Å². The lowest BCUT2D eigenvalue weighted by Crippen LogP contribution is -2.63. The molecule has 0 aromatic carbocycles. The van der Waals surface area contributed by atoms with Crippen molar-refractivity contribution in [2.45, 2.75) is 133 Å². The third-order valence-electron chi connectivity index (χ3n) is 6.24. The molecule has 6 N–H and O–H groups in total. The number of ether oxygens (including phenoxy) is 1. The van der Waals surface area contributed by atoms with Crippen LogP contribution < -0.4 is 5.32 Å². The molecule has 1 amide bonds. The monoisotopic (exact) mass is 475 g/mol. The van der Waals surface area contributed by atoms with Gasteiger partial charge in [-0.15, -0.1) is 0 Å². The van der Waals surface area contributed by atoms with Crippen LogP contribution >= 0.6 is 0 Å². The summed E-state index contributed by atoms with van der Waals surface area (Å²) in [4.78, 5) is 22.5. The summed E-state index contributed by atoms with van der Waals surface area (Å²) in [5, 5.41) is 49.7. The number of unbranched alkanes of at least 4 members (excludes halogenated alkanes) is 13. The zero-order chi connectivity index (χ0) is 24.5. The Morgan fingerprint density at radius 3 is 1.48 bits per heavy atom. The number of carboxylic acid groups (broad SMARTS) is 1. The molecule has 194 valence electrons. The molecule has 0 unspecified atom stereocenters. The van der Waals surface area contributed by atoms with Crippen LogP contribution in [0.3, 0.4) is 0 Å². The molecule has 0 aliphatic carbocycles. The Labute approximate surface area is 197 Å². The number of aliphatic hydroxyl groups excluding tert-OH is 4. The number of nitrogens with one attached hydrogen (secondary N) is 1. The first-order valence-corrected chi connectivity index (χ1v) is 12.7. The predicted molar refractivity (Wildman–Crippen MR) is 123 cm³/mol. The van der Waals surface area contributed by atoms with Crippen LogP contribution in [-0.2, 0) is 14.3 Å². The molecule has 33 heavy (non-hydrogen) atoms. The van der Waals surface area contributed by atoms with E-state index in [-0.39, 0.29) is 12.3 Å². The Morgan fingerprint density at radius 2 is 1.06 bits per heavy atom. The minimum absolute atomic E-state index is 0.287. The summed E-state index contributed by atoms with van der Waals surface area (Å²) in [5.41, 5.74) is 0. The number of aliphatic hydroxyl groups is 4.